The van der Waals surface area contributed by atoms with Gasteiger partial charge in [-0.2, -0.15) is 0 Å². The van der Waals surface area contributed by atoms with E-state index in [1.807, 2.05) is 31.2 Å². The summed E-state index contributed by atoms with van der Waals surface area (Å²) >= 11 is 0. The Bertz CT molecular complexity index is 1220. The summed E-state index contributed by atoms with van der Waals surface area (Å²) in [5.41, 5.74) is 4.56. The van der Waals surface area contributed by atoms with Gasteiger partial charge in [0.1, 0.15) is 12.1 Å². The molecule has 6 heteroatoms. The lowest BCUT2D eigenvalue weighted by molar-refractivity contribution is 0.206. The molecule has 0 unspecified atom stereocenters. The summed E-state index contributed by atoms with van der Waals surface area (Å²) < 4.78 is 34.5. The first-order valence-electron chi connectivity index (χ1n) is 9.52. The van der Waals surface area contributed by atoms with Crippen molar-refractivity contribution in [1.29, 1.82) is 0 Å². The number of rotatable bonds is 4. The van der Waals surface area contributed by atoms with Gasteiger partial charge in [-0.3, -0.25) is 4.72 Å². The highest BCUT2D eigenvalue weighted by molar-refractivity contribution is 7.92. The van der Waals surface area contributed by atoms with E-state index >= 15 is 0 Å². The van der Waals surface area contributed by atoms with Crippen LogP contribution in [0.5, 0.6) is 0 Å². The van der Waals surface area contributed by atoms with Gasteiger partial charge < -0.3 is 4.74 Å². The van der Waals surface area contributed by atoms with Gasteiger partial charge in [-0.15, -0.1) is 0 Å². The van der Waals surface area contributed by atoms with E-state index in [9.17, 15) is 8.42 Å². The van der Waals surface area contributed by atoms with Crippen LogP contribution in [-0.4, -0.2) is 20.4 Å². The van der Waals surface area contributed by atoms with Crippen LogP contribution in [0.25, 0.3) is 0 Å². The maximum absolute atomic E-state index is 12.8. The van der Waals surface area contributed by atoms with Crippen molar-refractivity contribution in [2.24, 2.45) is 4.99 Å². The van der Waals surface area contributed by atoms with Gasteiger partial charge in [-0.25, -0.2) is 13.4 Å². The minimum atomic E-state index is -3.71. The molecule has 1 heterocycles. The zero-order valence-corrected chi connectivity index (χ0v) is 16.7. The molecule has 0 aromatic heterocycles. The predicted octanol–water partition coefficient (Wildman–Crippen LogP) is 4.24. The summed E-state index contributed by atoms with van der Waals surface area (Å²) in [7, 11) is -3.71. The molecule has 0 saturated heterocycles. The van der Waals surface area contributed by atoms with Crippen LogP contribution in [0.1, 0.15) is 28.3 Å². The van der Waals surface area contributed by atoms with Crippen molar-refractivity contribution in [1.82, 2.24) is 0 Å². The molecular formula is C23H20N2O3S. The number of ether oxygens (including phenoxy) is 1. The number of para-hydroxylation sites is 1. The fraction of sp³-hybridized carbons (Fsp3) is 0.174. The number of hydrogen-bond donors (Lipinski definition) is 1. The summed E-state index contributed by atoms with van der Waals surface area (Å²) in [6, 6.07) is 22.2. The predicted molar refractivity (Wildman–Crippen MR) is 113 cm³/mol. The third-order valence-electron chi connectivity index (χ3n) is 5.40. The number of anilines is 1. The lowest BCUT2D eigenvalue weighted by Gasteiger charge is -2.14. The molecule has 2 atom stereocenters. The highest BCUT2D eigenvalue weighted by atomic mass is 32.2. The number of hydrogen-bond acceptors (Lipinski definition) is 4. The largest absolute Gasteiger partial charge is 0.471 e. The standard InChI is InChI=1S/C23H20N2O3S/c1-15-10-12-17(13-11-15)29(26,27)25-20-9-5-4-8-19(20)23-24-22-18-7-3-2-6-16(18)14-21(22)28-23/h2-13,21-22,25H,14H2,1H3/t21-,22+/m0/s1. The van der Waals surface area contributed by atoms with Gasteiger partial charge in [-0.05, 0) is 42.3 Å². The molecule has 29 heavy (non-hydrogen) atoms. The summed E-state index contributed by atoms with van der Waals surface area (Å²) in [6.45, 7) is 1.92. The molecule has 5 nitrogen and oxygen atoms in total. The number of aliphatic imine (C=N–C) groups is 1. The molecule has 1 N–H and O–H groups in total. The van der Waals surface area contributed by atoms with Gasteiger partial charge in [-0.1, -0.05) is 54.1 Å². The first-order chi connectivity index (χ1) is 14.0. The molecule has 0 amide bonds. The molecule has 146 valence electrons. The molecule has 0 radical (unpaired) electrons. The van der Waals surface area contributed by atoms with Crippen LogP contribution < -0.4 is 4.72 Å². The van der Waals surface area contributed by atoms with Crippen molar-refractivity contribution in [3.8, 4) is 0 Å². The van der Waals surface area contributed by atoms with Crippen molar-refractivity contribution in [3.05, 3.63) is 95.1 Å². The van der Waals surface area contributed by atoms with Gasteiger partial charge in [0.25, 0.3) is 10.0 Å². The van der Waals surface area contributed by atoms with Crippen LogP contribution in [0.4, 0.5) is 5.69 Å². The molecule has 2 aliphatic rings. The van der Waals surface area contributed by atoms with Gasteiger partial charge in [0.15, 0.2) is 0 Å². The van der Waals surface area contributed by atoms with E-state index in [1.54, 1.807) is 36.4 Å². The molecule has 0 bridgehead atoms. The summed E-state index contributed by atoms with van der Waals surface area (Å²) in [4.78, 5) is 5.02. The summed E-state index contributed by atoms with van der Waals surface area (Å²) in [5.74, 6) is 0.483. The molecule has 5 rings (SSSR count). The molecule has 0 spiro atoms. The molecule has 3 aromatic rings. The lowest BCUT2D eigenvalue weighted by atomic mass is 10.1. The van der Waals surface area contributed by atoms with E-state index in [0.29, 0.717) is 17.1 Å². The lowest BCUT2D eigenvalue weighted by Crippen LogP contribution is -2.17. The number of nitrogens with one attached hydrogen (secondary N) is 1. The van der Waals surface area contributed by atoms with Crippen molar-refractivity contribution < 1.29 is 13.2 Å². The second-order valence-corrected chi connectivity index (χ2v) is 9.08. The highest BCUT2D eigenvalue weighted by Crippen LogP contribution is 2.41. The second kappa shape index (κ2) is 6.74. The van der Waals surface area contributed by atoms with Gasteiger partial charge in [0.2, 0.25) is 5.90 Å². The average Bonchev–Trinajstić information content (AvgIpc) is 3.26. The fourth-order valence-electron chi connectivity index (χ4n) is 3.91. The minimum Gasteiger partial charge on any atom is -0.471 e. The monoisotopic (exact) mass is 404 g/mol. The summed E-state index contributed by atoms with van der Waals surface area (Å²) in [5, 5.41) is 0. The fourth-order valence-corrected chi connectivity index (χ4v) is 4.99. The van der Waals surface area contributed by atoms with E-state index in [2.05, 4.69) is 16.9 Å². The smallest absolute Gasteiger partial charge is 0.261 e. The second-order valence-electron chi connectivity index (χ2n) is 7.40. The number of aryl methyl sites for hydroxylation is 1. The van der Waals surface area contributed by atoms with Crippen LogP contribution in [-0.2, 0) is 21.2 Å². The topological polar surface area (TPSA) is 67.8 Å². The third kappa shape index (κ3) is 3.19. The first-order valence-corrected chi connectivity index (χ1v) is 11.0. The van der Waals surface area contributed by atoms with Crippen molar-refractivity contribution >= 4 is 21.6 Å². The zero-order chi connectivity index (χ0) is 20.0. The van der Waals surface area contributed by atoms with E-state index in [4.69, 9.17) is 9.73 Å². The molecule has 0 fully saturated rings. The normalized spacial score (nSPS) is 19.8. The Balaban J connectivity index is 1.48. The molecule has 3 aromatic carbocycles. The maximum atomic E-state index is 12.8. The highest BCUT2D eigenvalue weighted by Gasteiger charge is 2.40. The van der Waals surface area contributed by atoms with Crippen LogP contribution in [0.2, 0.25) is 0 Å². The molecule has 0 saturated carbocycles. The Morgan fingerprint density at radius 2 is 1.69 bits per heavy atom. The summed E-state index contributed by atoms with van der Waals surface area (Å²) in [6.07, 6.45) is 0.773. The SMILES string of the molecule is Cc1ccc(S(=O)(=O)Nc2ccccc2C2=N[C@@H]3c4ccccc4C[C@@H]3O2)cc1. The van der Waals surface area contributed by atoms with E-state index in [1.165, 1.54) is 11.1 Å². The quantitative estimate of drug-likeness (QED) is 0.707. The van der Waals surface area contributed by atoms with Gasteiger partial charge >= 0.3 is 0 Å². The number of nitrogens with zero attached hydrogens (tertiary/aromatic N) is 1. The van der Waals surface area contributed by atoms with E-state index in [-0.39, 0.29) is 17.0 Å². The Kier molecular flexibility index (Phi) is 4.17. The van der Waals surface area contributed by atoms with E-state index in [0.717, 1.165) is 12.0 Å². The van der Waals surface area contributed by atoms with E-state index < -0.39 is 10.0 Å². The molecular weight excluding hydrogens is 384 g/mol. The Morgan fingerprint density at radius 3 is 2.52 bits per heavy atom. The van der Waals surface area contributed by atoms with Gasteiger partial charge in [0, 0.05) is 6.42 Å². The number of benzene rings is 3. The number of fused-ring (bicyclic) bond motifs is 3. The Morgan fingerprint density at radius 1 is 0.966 bits per heavy atom. The third-order valence-corrected chi connectivity index (χ3v) is 6.78. The first kappa shape index (κ1) is 17.9. The Labute approximate surface area is 170 Å². The zero-order valence-electron chi connectivity index (χ0n) is 15.9. The van der Waals surface area contributed by atoms with Crippen LogP contribution in [0.15, 0.2) is 82.7 Å². The van der Waals surface area contributed by atoms with Crippen molar-refractivity contribution in [2.45, 2.75) is 30.4 Å². The van der Waals surface area contributed by atoms with Crippen LogP contribution >= 0.6 is 0 Å². The molecule has 1 aliphatic heterocycles. The minimum absolute atomic E-state index is 0.0378. The Hall–Kier alpha value is -3.12. The van der Waals surface area contributed by atoms with Crippen LogP contribution in [0, 0.1) is 6.92 Å². The maximum Gasteiger partial charge on any atom is 0.261 e. The van der Waals surface area contributed by atoms with Gasteiger partial charge in [0.05, 0.1) is 16.1 Å². The molecule has 1 aliphatic carbocycles. The average molecular weight is 404 g/mol. The van der Waals surface area contributed by atoms with Crippen LogP contribution in [0.3, 0.4) is 0 Å². The number of sulfonamides is 1. The van der Waals surface area contributed by atoms with Crippen molar-refractivity contribution in [3.63, 3.8) is 0 Å². The van der Waals surface area contributed by atoms with Crippen molar-refractivity contribution in [2.75, 3.05) is 4.72 Å².